The molecule has 0 N–H and O–H groups in total. The van der Waals surface area contributed by atoms with Crippen LogP contribution < -0.4 is 0 Å². The van der Waals surface area contributed by atoms with E-state index in [2.05, 4.69) is 80.0 Å². The molecule has 9 aromatic heterocycles. The van der Waals surface area contributed by atoms with E-state index in [1.165, 1.54) is 0 Å². The van der Waals surface area contributed by atoms with Crippen molar-refractivity contribution < 1.29 is 0 Å². The zero-order valence-electron chi connectivity index (χ0n) is 27.9. The van der Waals surface area contributed by atoms with Gasteiger partial charge in [-0.25, -0.2) is 24.5 Å². The molecule has 0 saturated carbocycles. The number of hydrogen-bond donors (Lipinski definition) is 0. The van der Waals surface area contributed by atoms with Crippen molar-refractivity contribution in [3.63, 3.8) is 0 Å². The van der Waals surface area contributed by atoms with Crippen LogP contribution in [0.3, 0.4) is 0 Å². The number of aromatic nitrogens is 11. The fraction of sp³-hybridized carbons (Fsp3) is 0.154. The average Bonchev–Trinajstić information content (AvgIpc) is 3.95. The quantitative estimate of drug-likeness (QED) is 0.174. The molecule has 10 rings (SSSR count). The third-order valence-corrected chi connectivity index (χ3v) is 10.1. The number of hydrogen-bond acceptors (Lipinski definition) is 7. The molecule has 248 valence electrons. The van der Waals surface area contributed by atoms with Gasteiger partial charge in [-0.1, -0.05) is 11.6 Å². The van der Waals surface area contributed by atoms with Gasteiger partial charge in [-0.15, -0.1) is 0 Å². The lowest BCUT2D eigenvalue weighted by Gasteiger charge is -2.09. The van der Waals surface area contributed by atoms with Crippen molar-refractivity contribution in [3.8, 4) is 11.3 Å². The number of fused-ring (bicyclic) bond motifs is 8. The second-order valence-corrected chi connectivity index (χ2v) is 13.4. The third kappa shape index (κ3) is 4.84. The summed E-state index contributed by atoms with van der Waals surface area (Å²) in [6.45, 7) is 2.10. The molecule has 1 aromatic carbocycles. The van der Waals surface area contributed by atoms with E-state index in [-0.39, 0.29) is 0 Å². The van der Waals surface area contributed by atoms with E-state index in [1.54, 1.807) is 6.20 Å². The molecule has 0 bridgehead atoms. The van der Waals surface area contributed by atoms with Gasteiger partial charge in [0.05, 0.1) is 44.2 Å². The van der Waals surface area contributed by atoms with Crippen LogP contribution in [0.25, 0.3) is 61.0 Å². The lowest BCUT2D eigenvalue weighted by Crippen LogP contribution is -2.00. The Balaban J connectivity index is 0.959. The van der Waals surface area contributed by atoms with E-state index in [0.717, 1.165) is 96.2 Å². The summed E-state index contributed by atoms with van der Waals surface area (Å²) in [6.07, 6.45) is 12.5. The lowest BCUT2D eigenvalue weighted by atomic mass is 10.1. The van der Waals surface area contributed by atoms with Crippen LogP contribution in [0.2, 0.25) is 5.02 Å². The van der Waals surface area contributed by atoms with Gasteiger partial charge in [0.2, 0.25) is 0 Å². The zero-order valence-corrected chi connectivity index (χ0v) is 28.6. The van der Waals surface area contributed by atoms with Crippen LogP contribution in [0, 0.1) is 6.92 Å². The highest BCUT2D eigenvalue weighted by Gasteiger charge is 2.18. The smallest absolute Gasteiger partial charge is 0.164 e. The topological polar surface area (TPSA) is 108 Å². The van der Waals surface area contributed by atoms with Gasteiger partial charge in [0.25, 0.3) is 0 Å². The molecule has 0 radical (unpaired) electrons. The number of benzene rings is 1. The summed E-state index contributed by atoms with van der Waals surface area (Å²) in [5, 5.41) is 7.38. The van der Waals surface area contributed by atoms with E-state index in [9.17, 15) is 0 Å². The second-order valence-electron chi connectivity index (χ2n) is 12.9. The number of pyridine rings is 5. The minimum Gasteiger partial charge on any atom is -0.331 e. The van der Waals surface area contributed by atoms with Gasteiger partial charge < -0.3 is 8.97 Å². The molecule has 51 heavy (non-hydrogen) atoms. The number of nitrogens with zero attached hydrogens (tertiary/aromatic N) is 11. The van der Waals surface area contributed by atoms with Crippen LogP contribution in [0.5, 0.6) is 0 Å². The van der Waals surface area contributed by atoms with Crippen molar-refractivity contribution in [3.05, 3.63) is 131 Å². The summed E-state index contributed by atoms with van der Waals surface area (Å²) < 4.78 is 8.24. The summed E-state index contributed by atoms with van der Waals surface area (Å²) in [7, 11) is 2.07. The molecule has 0 saturated heterocycles. The standard InChI is InChI=1S/C39H30ClN11/c1-23-7-10-28(37-43-24(21-49(23)37)8-15-34-45-38-27-6-4-19-42-31(27)17-20-51(38)47-34)32-13-11-29(40)39-44-25(22-50(32)39)9-16-35-46-36-26-5-3-18-41-30(26)12-14-33(36)48(35)2/h3-7,10-14,17-22H,8-9,15-16H2,1-2H3. The predicted molar refractivity (Wildman–Crippen MR) is 198 cm³/mol. The minimum absolute atomic E-state index is 0.599. The van der Waals surface area contributed by atoms with E-state index in [0.29, 0.717) is 24.3 Å². The van der Waals surface area contributed by atoms with Crippen LogP contribution in [0.1, 0.15) is 28.7 Å². The number of rotatable bonds is 7. The Hall–Kier alpha value is -6.20. The molecule has 0 atom stereocenters. The second kappa shape index (κ2) is 11.4. The van der Waals surface area contributed by atoms with Crippen molar-refractivity contribution in [2.24, 2.45) is 7.05 Å². The van der Waals surface area contributed by atoms with Crippen molar-refractivity contribution in [1.82, 2.24) is 52.9 Å². The van der Waals surface area contributed by atoms with Gasteiger partial charge in [0, 0.05) is 72.9 Å². The molecule has 0 fully saturated rings. The predicted octanol–water partition coefficient (Wildman–Crippen LogP) is 7.21. The summed E-state index contributed by atoms with van der Waals surface area (Å²) in [4.78, 5) is 29.0. The maximum absolute atomic E-state index is 6.75. The molecular formula is C39H30ClN11. The Labute approximate surface area is 295 Å². The van der Waals surface area contributed by atoms with Crippen LogP contribution in [-0.2, 0) is 32.7 Å². The molecule has 12 heteroatoms. The largest absolute Gasteiger partial charge is 0.331 e. The van der Waals surface area contributed by atoms with Crippen LogP contribution >= 0.6 is 11.6 Å². The first-order valence-corrected chi connectivity index (χ1v) is 17.3. The van der Waals surface area contributed by atoms with Crippen molar-refractivity contribution in [2.75, 3.05) is 0 Å². The van der Waals surface area contributed by atoms with Gasteiger partial charge in [0.1, 0.15) is 11.5 Å². The Kier molecular flexibility index (Phi) is 6.65. The Morgan fingerprint density at radius 2 is 1.43 bits per heavy atom. The summed E-state index contributed by atoms with van der Waals surface area (Å²) in [6, 6.07) is 22.3. The van der Waals surface area contributed by atoms with Crippen molar-refractivity contribution in [2.45, 2.75) is 32.6 Å². The SMILES string of the molecule is Cc1ccc(-c2ccc(Cl)c3nc(CCc4nc5c6cccnc6ccc5n4C)cn23)c2nc(CCc3nc4c5cccnc5ccn4n3)cn12. The van der Waals surface area contributed by atoms with E-state index in [4.69, 9.17) is 36.6 Å². The first-order chi connectivity index (χ1) is 25.0. The maximum atomic E-state index is 6.75. The van der Waals surface area contributed by atoms with E-state index in [1.807, 2.05) is 53.3 Å². The highest BCUT2D eigenvalue weighted by atomic mass is 35.5. The third-order valence-electron chi connectivity index (χ3n) is 9.82. The molecule has 0 spiro atoms. The Bertz CT molecular complexity index is 2980. The van der Waals surface area contributed by atoms with Gasteiger partial charge in [-0.05, 0) is 86.5 Å². The van der Waals surface area contributed by atoms with Crippen molar-refractivity contribution >= 4 is 61.4 Å². The van der Waals surface area contributed by atoms with Crippen LogP contribution in [0.15, 0.2) is 97.7 Å². The molecule has 10 aromatic rings. The highest BCUT2D eigenvalue weighted by molar-refractivity contribution is 6.33. The number of halogens is 1. The lowest BCUT2D eigenvalue weighted by molar-refractivity contribution is 0.779. The summed E-state index contributed by atoms with van der Waals surface area (Å²) >= 11 is 6.75. The van der Waals surface area contributed by atoms with Gasteiger partial charge >= 0.3 is 0 Å². The van der Waals surface area contributed by atoms with E-state index >= 15 is 0 Å². The molecule has 11 nitrogen and oxygen atoms in total. The maximum Gasteiger partial charge on any atom is 0.164 e. The Morgan fingerprint density at radius 1 is 0.667 bits per heavy atom. The fourth-order valence-corrected chi connectivity index (χ4v) is 7.39. The van der Waals surface area contributed by atoms with E-state index < -0.39 is 0 Å². The zero-order chi connectivity index (χ0) is 34.2. The molecular weight excluding hydrogens is 658 g/mol. The minimum atomic E-state index is 0.599. The normalized spacial score (nSPS) is 12.1. The molecule has 0 aliphatic rings. The first-order valence-electron chi connectivity index (χ1n) is 16.9. The summed E-state index contributed by atoms with van der Waals surface area (Å²) in [5.41, 5.74) is 11.3. The fourth-order valence-electron chi connectivity index (χ4n) is 7.20. The molecule has 9 heterocycles. The first kappa shape index (κ1) is 29.7. The summed E-state index contributed by atoms with van der Waals surface area (Å²) in [5.74, 6) is 1.77. The van der Waals surface area contributed by atoms with Gasteiger partial charge in [-0.2, -0.15) is 5.10 Å². The van der Waals surface area contributed by atoms with Gasteiger partial charge in [0.15, 0.2) is 17.1 Å². The average molecular weight is 688 g/mol. The number of aryl methyl sites for hydroxylation is 6. The molecule has 0 aliphatic heterocycles. The molecule has 0 amide bonds. The van der Waals surface area contributed by atoms with Crippen molar-refractivity contribution in [1.29, 1.82) is 0 Å². The van der Waals surface area contributed by atoms with Crippen LogP contribution in [0.4, 0.5) is 0 Å². The highest BCUT2D eigenvalue weighted by Crippen LogP contribution is 2.31. The monoisotopic (exact) mass is 687 g/mol. The molecule has 0 unspecified atom stereocenters. The Morgan fingerprint density at radius 3 is 2.29 bits per heavy atom. The van der Waals surface area contributed by atoms with Gasteiger partial charge in [-0.3, -0.25) is 14.4 Å². The van der Waals surface area contributed by atoms with Crippen LogP contribution in [-0.4, -0.2) is 52.9 Å². The number of imidazole rings is 3. The molecule has 0 aliphatic carbocycles.